The van der Waals surface area contributed by atoms with Crippen molar-refractivity contribution < 1.29 is 22.7 Å². The van der Waals surface area contributed by atoms with Crippen LogP contribution in [0.15, 0.2) is 41.7 Å². The highest BCUT2D eigenvalue weighted by molar-refractivity contribution is 7.98. The number of aryl methyl sites for hydroxylation is 4. The monoisotopic (exact) mass is 595 g/mol. The highest BCUT2D eigenvalue weighted by Crippen LogP contribution is 2.23. The van der Waals surface area contributed by atoms with Crippen LogP contribution >= 0.6 is 11.8 Å². The molecule has 0 fully saturated rings. The van der Waals surface area contributed by atoms with Gasteiger partial charge in [-0.05, 0) is 75.8 Å². The lowest BCUT2D eigenvalue weighted by atomic mass is 10.3. The maximum absolute atomic E-state index is 11.4. The lowest BCUT2D eigenvalue weighted by molar-refractivity contribution is -0.114. The minimum Gasteiger partial charge on any atom is -0.480 e. The van der Waals surface area contributed by atoms with Gasteiger partial charge in [0.15, 0.2) is 0 Å². The molecule has 0 aliphatic carbocycles. The molecule has 1 amide bonds. The maximum atomic E-state index is 11.4. The third-order valence-electron chi connectivity index (χ3n) is 4.72. The number of rotatable bonds is 7. The van der Waals surface area contributed by atoms with Crippen LogP contribution in [-0.2, 0) is 14.8 Å². The van der Waals surface area contributed by atoms with Crippen LogP contribution in [0.3, 0.4) is 0 Å². The number of sulfonamides is 1. The van der Waals surface area contributed by atoms with Gasteiger partial charge in [-0.1, -0.05) is 14.9 Å². The van der Waals surface area contributed by atoms with Gasteiger partial charge in [0.2, 0.25) is 27.7 Å². The van der Waals surface area contributed by atoms with E-state index in [-0.39, 0.29) is 32.4 Å². The fourth-order valence-electron chi connectivity index (χ4n) is 2.85. The number of carbonyl (C=O) groups excluding carboxylic acids is 1. The predicted octanol–water partition coefficient (Wildman–Crippen LogP) is 6.21. The Morgan fingerprint density at radius 3 is 1.73 bits per heavy atom. The van der Waals surface area contributed by atoms with Gasteiger partial charge in [0.1, 0.15) is 11.4 Å². The van der Waals surface area contributed by atoms with E-state index >= 15 is 0 Å². The number of hydrogen-bond donors (Lipinski definition) is 2. The summed E-state index contributed by atoms with van der Waals surface area (Å²) < 4.78 is 35.0. The average molecular weight is 596 g/mol. The topological polar surface area (TPSA) is 132 Å². The van der Waals surface area contributed by atoms with Crippen LogP contribution in [0.1, 0.15) is 51.1 Å². The number of ether oxygens (including phenoxy) is 2. The van der Waals surface area contributed by atoms with Crippen LogP contribution < -0.4 is 19.5 Å². The van der Waals surface area contributed by atoms with Gasteiger partial charge in [-0.3, -0.25) is 14.5 Å². The lowest BCUT2D eigenvalue weighted by Crippen LogP contribution is -2.15. The fourth-order valence-corrected chi connectivity index (χ4v) is 4.13. The predicted molar refractivity (Wildman–Crippen MR) is 167 cm³/mol. The average Bonchev–Trinajstić information content (AvgIpc) is 2.86. The quantitative estimate of drug-likeness (QED) is 0.306. The number of methoxy groups -OCH3 is 2. The Hall–Kier alpha value is -3.38. The van der Waals surface area contributed by atoms with Gasteiger partial charge in [0.25, 0.3) is 0 Å². The van der Waals surface area contributed by atoms with Crippen molar-refractivity contribution in [2.45, 2.75) is 61.3 Å². The second kappa shape index (κ2) is 18.8. The van der Waals surface area contributed by atoms with Crippen molar-refractivity contribution in [2.24, 2.45) is 0 Å². The summed E-state index contributed by atoms with van der Waals surface area (Å²) >= 11 is 1.75. The molecule has 0 radical (unpaired) electrons. The van der Waals surface area contributed by atoms with Crippen molar-refractivity contribution in [3.05, 3.63) is 59.2 Å². The van der Waals surface area contributed by atoms with Gasteiger partial charge in [-0.25, -0.2) is 18.4 Å². The Bertz CT molecular complexity index is 1320. The Kier molecular flexibility index (Phi) is 18.2. The molecule has 0 unspecified atom stereocenters. The Morgan fingerprint density at radius 2 is 1.30 bits per heavy atom. The van der Waals surface area contributed by atoms with Crippen molar-refractivity contribution in [3.8, 4) is 11.8 Å². The molecule has 3 rings (SSSR count). The number of nitrogens with zero attached hydrogens (tertiary/aromatic N) is 3. The van der Waals surface area contributed by atoms with Gasteiger partial charge in [-0.15, -0.1) is 11.8 Å². The molecule has 0 saturated heterocycles. The number of nitrogens with one attached hydrogen (secondary N) is 2. The van der Waals surface area contributed by atoms with E-state index in [0.717, 1.165) is 16.8 Å². The molecule has 0 aromatic carbocycles. The molecule has 0 aliphatic heterocycles. The number of pyridine rings is 3. The van der Waals surface area contributed by atoms with Crippen molar-refractivity contribution in [1.29, 1.82) is 0 Å². The number of amides is 1. The van der Waals surface area contributed by atoms with Crippen LogP contribution in [0.4, 0.5) is 11.4 Å². The van der Waals surface area contributed by atoms with Gasteiger partial charge in [0.05, 0.1) is 25.7 Å². The summed E-state index contributed by atoms with van der Waals surface area (Å²) in [7, 11) is -0.329. The van der Waals surface area contributed by atoms with Crippen LogP contribution in [0, 0.1) is 27.7 Å². The molecule has 3 aromatic rings. The normalized spacial score (nSPS) is 9.72. The highest BCUT2D eigenvalue weighted by atomic mass is 32.2. The van der Waals surface area contributed by atoms with E-state index in [2.05, 4.69) is 44.2 Å². The SMILES string of the molecule is C.C.CCS(=O)(=O)Nc1cc(C)cnc1OC.COc1ncc(C)cc1NC(C)=O.CSc1cc(C)cnc1C. The summed E-state index contributed by atoms with van der Waals surface area (Å²) in [5, 5.41) is 2.64. The molecule has 40 heavy (non-hydrogen) atoms. The zero-order valence-electron chi connectivity index (χ0n) is 23.4. The van der Waals surface area contributed by atoms with Crippen LogP contribution in [0.2, 0.25) is 0 Å². The van der Waals surface area contributed by atoms with E-state index in [1.807, 2.05) is 33.0 Å². The number of thioether (sulfide) groups is 1. The molecule has 3 heterocycles. The van der Waals surface area contributed by atoms with Crippen molar-refractivity contribution in [2.75, 3.05) is 36.3 Å². The summed E-state index contributed by atoms with van der Waals surface area (Å²) in [4.78, 5) is 24.3. The standard InChI is InChI=1S/C9H14N2O3S.C9H12N2O2.C8H11NS.2CH4/c1-4-15(12,13)11-8-5-7(2)6-10-9(8)14-3;1-6-4-8(11-7(2)12)9(13-3)10-5-6;1-6-4-8(10-3)7(2)9-5-6;;/h5-6,11H,4H2,1-3H3;4-5H,1-3H3,(H,11,12);4-5H,1-3H3;2*1H4. The first-order valence-corrected chi connectivity index (χ1v) is 14.5. The fraction of sp³-hybridized carbons (Fsp3) is 0.429. The smallest absolute Gasteiger partial charge is 0.238 e. The molecule has 2 N–H and O–H groups in total. The zero-order chi connectivity index (χ0) is 28.9. The van der Waals surface area contributed by atoms with E-state index in [9.17, 15) is 13.2 Å². The first-order chi connectivity index (χ1) is 17.8. The van der Waals surface area contributed by atoms with E-state index in [1.165, 1.54) is 31.6 Å². The minimum absolute atomic E-state index is 0. The second-order valence-corrected chi connectivity index (χ2v) is 11.0. The van der Waals surface area contributed by atoms with Gasteiger partial charge < -0.3 is 14.8 Å². The third-order valence-corrected chi connectivity index (χ3v) is 6.86. The van der Waals surface area contributed by atoms with Crippen molar-refractivity contribution >= 4 is 39.1 Å². The van der Waals surface area contributed by atoms with Crippen LogP contribution in [0.25, 0.3) is 0 Å². The number of anilines is 2. The second-order valence-electron chi connectivity index (χ2n) is 8.13. The molecule has 0 aliphatic rings. The molecule has 0 saturated carbocycles. The number of aromatic nitrogens is 3. The highest BCUT2D eigenvalue weighted by Gasteiger charge is 2.12. The Morgan fingerprint density at radius 1 is 0.850 bits per heavy atom. The molecule has 12 heteroatoms. The van der Waals surface area contributed by atoms with E-state index in [1.54, 1.807) is 37.1 Å². The molecule has 3 aromatic heterocycles. The van der Waals surface area contributed by atoms with Crippen LogP contribution in [-0.4, -0.2) is 55.5 Å². The zero-order valence-corrected chi connectivity index (χ0v) is 25.0. The molecular weight excluding hydrogens is 550 g/mol. The summed E-state index contributed by atoms with van der Waals surface area (Å²) in [6, 6.07) is 5.65. The molecule has 0 atom stereocenters. The molecule has 0 bridgehead atoms. The molecule has 10 nitrogen and oxygen atoms in total. The third kappa shape index (κ3) is 13.6. The van der Waals surface area contributed by atoms with Crippen molar-refractivity contribution in [3.63, 3.8) is 0 Å². The Balaban J connectivity index is 0. The van der Waals surface area contributed by atoms with Gasteiger partial charge >= 0.3 is 0 Å². The maximum Gasteiger partial charge on any atom is 0.238 e. The number of carbonyl (C=O) groups is 1. The summed E-state index contributed by atoms with van der Waals surface area (Å²) in [6.45, 7) is 10.8. The lowest BCUT2D eigenvalue weighted by Gasteiger charge is -2.10. The first-order valence-electron chi connectivity index (χ1n) is 11.6. The molecule has 0 spiro atoms. The minimum atomic E-state index is -3.29. The van der Waals surface area contributed by atoms with Gasteiger partial charge in [0, 0.05) is 30.4 Å². The van der Waals surface area contributed by atoms with Crippen molar-refractivity contribution in [1.82, 2.24) is 15.0 Å². The van der Waals surface area contributed by atoms with E-state index in [0.29, 0.717) is 17.3 Å². The summed E-state index contributed by atoms with van der Waals surface area (Å²) in [6.07, 6.45) is 7.27. The summed E-state index contributed by atoms with van der Waals surface area (Å²) in [5.41, 5.74) is 5.18. The Labute approximate surface area is 244 Å². The first kappa shape index (κ1) is 38.8. The van der Waals surface area contributed by atoms with E-state index in [4.69, 9.17) is 9.47 Å². The largest absolute Gasteiger partial charge is 0.480 e. The van der Waals surface area contributed by atoms with E-state index < -0.39 is 10.0 Å². The number of hydrogen-bond acceptors (Lipinski definition) is 9. The molecular formula is C28H45N5O5S2. The summed E-state index contributed by atoms with van der Waals surface area (Å²) in [5.74, 6) is 0.591. The molecule has 224 valence electrons. The van der Waals surface area contributed by atoms with Gasteiger partial charge in [-0.2, -0.15) is 0 Å². The van der Waals surface area contributed by atoms with Crippen LogP contribution in [0.5, 0.6) is 11.8 Å².